The molecule has 0 atom stereocenters. The molecule has 6 nitrogen and oxygen atoms in total. The molecule has 6 heteroatoms. The molecule has 0 aromatic heterocycles. The molecule has 0 amide bonds. The number of hydrogen-bond donors (Lipinski definition) is 2. The maximum Gasteiger partial charge on any atom is 0.195 e. The maximum absolute atomic E-state index is 5.96. The molecule has 0 saturated heterocycles. The van der Waals surface area contributed by atoms with Gasteiger partial charge in [-0.2, -0.15) is 0 Å². The van der Waals surface area contributed by atoms with Gasteiger partial charge in [0, 0.05) is 38.4 Å². The van der Waals surface area contributed by atoms with Gasteiger partial charge in [0.05, 0.1) is 19.3 Å². The molecule has 1 aromatic carbocycles. The smallest absolute Gasteiger partial charge is 0.195 e. The summed E-state index contributed by atoms with van der Waals surface area (Å²) in [7, 11) is 1.77. The van der Waals surface area contributed by atoms with Gasteiger partial charge in [0.2, 0.25) is 0 Å². The van der Waals surface area contributed by atoms with E-state index in [4.69, 9.17) is 14.2 Å². The molecule has 1 aliphatic heterocycles. The molecule has 1 fully saturated rings. The van der Waals surface area contributed by atoms with Crippen molar-refractivity contribution in [3.63, 3.8) is 0 Å². The number of ether oxygens (including phenoxy) is 3. The highest BCUT2D eigenvalue weighted by atomic mass is 16.5. The second-order valence-electron chi connectivity index (χ2n) is 6.82. The van der Waals surface area contributed by atoms with Gasteiger partial charge in [-0.15, -0.1) is 0 Å². The zero-order chi connectivity index (χ0) is 18.0. The van der Waals surface area contributed by atoms with Crippen molar-refractivity contribution in [3.8, 4) is 11.5 Å². The van der Waals surface area contributed by atoms with Crippen LogP contribution < -0.4 is 20.1 Å². The van der Waals surface area contributed by atoms with E-state index in [0.29, 0.717) is 19.3 Å². The maximum atomic E-state index is 5.96. The van der Waals surface area contributed by atoms with Gasteiger partial charge < -0.3 is 24.8 Å². The number of anilines is 1. The zero-order valence-electron chi connectivity index (χ0n) is 15.8. The Balaban J connectivity index is 1.39. The molecule has 1 aromatic rings. The van der Waals surface area contributed by atoms with Crippen molar-refractivity contribution in [1.82, 2.24) is 5.32 Å². The highest BCUT2D eigenvalue weighted by Gasteiger charge is 2.13. The lowest BCUT2D eigenvalue weighted by Gasteiger charge is -2.22. The number of benzene rings is 1. The Labute approximate surface area is 156 Å². The summed E-state index contributed by atoms with van der Waals surface area (Å²) in [6.45, 7) is 3.02. The van der Waals surface area contributed by atoms with E-state index in [1.165, 1.54) is 32.1 Å². The van der Waals surface area contributed by atoms with E-state index in [1.54, 1.807) is 7.05 Å². The average Bonchev–Trinajstić information content (AvgIpc) is 2.92. The van der Waals surface area contributed by atoms with E-state index >= 15 is 0 Å². The van der Waals surface area contributed by atoms with Gasteiger partial charge in [-0.05, 0) is 31.4 Å². The van der Waals surface area contributed by atoms with Crippen LogP contribution in [0.1, 0.15) is 44.9 Å². The normalized spacial score (nSPS) is 18.3. The highest BCUT2D eigenvalue weighted by molar-refractivity contribution is 5.93. The van der Waals surface area contributed by atoms with Crippen molar-refractivity contribution in [2.45, 2.75) is 51.0 Å². The Kier molecular flexibility index (Phi) is 7.43. The van der Waals surface area contributed by atoms with Crippen LogP contribution in [0.3, 0.4) is 0 Å². The Bertz CT molecular complexity index is 586. The Morgan fingerprint density at radius 2 is 1.92 bits per heavy atom. The van der Waals surface area contributed by atoms with Crippen molar-refractivity contribution in [2.75, 3.05) is 38.7 Å². The third-order valence-electron chi connectivity index (χ3n) is 4.75. The van der Waals surface area contributed by atoms with Gasteiger partial charge in [-0.25, -0.2) is 0 Å². The minimum atomic E-state index is 0.475. The highest BCUT2D eigenvalue weighted by Crippen LogP contribution is 2.32. The van der Waals surface area contributed by atoms with Crippen molar-refractivity contribution in [1.29, 1.82) is 0 Å². The topological polar surface area (TPSA) is 64.1 Å². The van der Waals surface area contributed by atoms with Crippen LogP contribution in [0.4, 0.5) is 5.69 Å². The third-order valence-corrected chi connectivity index (χ3v) is 4.75. The lowest BCUT2D eigenvalue weighted by atomic mass is 9.98. The number of nitrogens with zero attached hydrogens (tertiary/aromatic N) is 1. The van der Waals surface area contributed by atoms with E-state index in [0.717, 1.165) is 49.1 Å². The summed E-state index contributed by atoms with van der Waals surface area (Å²) in [6, 6.07) is 5.88. The lowest BCUT2D eigenvalue weighted by Crippen LogP contribution is -2.32. The van der Waals surface area contributed by atoms with E-state index in [1.807, 2.05) is 18.2 Å². The second-order valence-corrected chi connectivity index (χ2v) is 6.82. The molecule has 3 rings (SSSR count). The number of guanidine groups is 1. The number of nitrogens with one attached hydrogen (secondary N) is 2. The Morgan fingerprint density at radius 3 is 2.73 bits per heavy atom. The molecule has 0 spiro atoms. The molecular formula is C20H31N3O3. The number of rotatable bonds is 6. The van der Waals surface area contributed by atoms with Crippen LogP contribution in [-0.2, 0) is 4.74 Å². The van der Waals surface area contributed by atoms with E-state index in [9.17, 15) is 0 Å². The standard InChI is InChI=1S/C20H31N3O3/c1-21-20(22-11-5-12-24-17-7-3-2-4-8-17)23-16-9-10-18-19(15-16)26-14-6-13-25-18/h9-10,15,17H,2-8,11-14H2,1H3,(H2,21,22,23). The van der Waals surface area contributed by atoms with Crippen LogP contribution in [-0.4, -0.2) is 45.5 Å². The van der Waals surface area contributed by atoms with Crippen LogP contribution in [0.5, 0.6) is 11.5 Å². The van der Waals surface area contributed by atoms with Crippen molar-refractivity contribution >= 4 is 11.6 Å². The summed E-state index contributed by atoms with van der Waals surface area (Å²) < 4.78 is 17.4. The van der Waals surface area contributed by atoms with Gasteiger partial charge >= 0.3 is 0 Å². The summed E-state index contributed by atoms with van der Waals surface area (Å²) in [5, 5.41) is 6.64. The van der Waals surface area contributed by atoms with Gasteiger partial charge in [0.1, 0.15) is 0 Å². The molecule has 26 heavy (non-hydrogen) atoms. The summed E-state index contributed by atoms with van der Waals surface area (Å²) in [5.41, 5.74) is 0.931. The van der Waals surface area contributed by atoms with E-state index in [2.05, 4.69) is 15.6 Å². The van der Waals surface area contributed by atoms with Crippen LogP contribution >= 0.6 is 0 Å². The van der Waals surface area contributed by atoms with Crippen LogP contribution in [0, 0.1) is 0 Å². The summed E-state index contributed by atoms with van der Waals surface area (Å²) in [4.78, 5) is 4.28. The quantitative estimate of drug-likeness (QED) is 0.461. The molecular weight excluding hydrogens is 330 g/mol. The Hall–Kier alpha value is -1.95. The second kappa shape index (κ2) is 10.3. The molecule has 2 aliphatic rings. The van der Waals surface area contributed by atoms with Crippen molar-refractivity contribution in [3.05, 3.63) is 18.2 Å². The molecule has 0 unspecified atom stereocenters. The first kappa shape index (κ1) is 18.8. The molecule has 1 saturated carbocycles. The predicted molar refractivity (Wildman–Crippen MR) is 104 cm³/mol. The van der Waals surface area contributed by atoms with Crippen LogP contribution in [0.15, 0.2) is 23.2 Å². The van der Waals surface area contributed by atoms with Crippen LogP contribution in [0.2, 0.25) is 0 Å². The number of aliphatic imine (C=N–C) groups is 1. The fraction of sp³-hybridized carbons (Fsp3) is 0.650. The van der Waals surface area contributed by atoms with Crippen LogP contribution in [0.25, 0.3) is 0 Å². The molecule has 0 bridgehead atoms. The zero-order valence-corrected chi connectivity index (χ0v) is 15.8. The van der Waals surface area contributed by atoms with Crippen molar-refractivity contribution < 1.29 is 14.2 Å². The summed E-state index contributed by atoms with van der Waals surface area (Å²) >= 11 is 0. The number of hydrogen-bond acceptors (Lipinski definition) is 4. The fourth-order valence-electron chi connectivity index (χ4n) is 3.32. The largest absolute Gasteiger partial charge is 0.490 e. The van der Waals surface area contributed by atoms with Crippen molar-refractivity contribution in [2.24, 2.45) is 4.99 Å². The molecule has 1 aliphatic carbocycles. The summed E-state index contributed by atoms with van der Waals surface area (Å²) in [6.07, 6.45) is 8.79. The monoisotopic (exact) mass is 361 g/mol. The SMILES string of the molecule is CN=C(NCCCOC1CCCCC1)Nc1ccc2c(c1)OCCCO2. The Morgan fingerprint density at radius 1 is 1.12 bits per heavy atom. The first-order valence-electron chi connectivity index (χ1n) is 9.84. The predicted octanol–water partition coefficient (Wildman–Crippen LogP) is 3.57. The first-order chi connectivity index (χ1) is 12.8. The van der Waals surface area contributed by atoms with Gasteiger partial charge in [-0.1, -0.05) is 19.3 Å². The third kappa shape index (κ3) is 5.80. The lowest BCUT2D eigenvalue weighted by molar-refractivity contribution is 0.0277. The first-order valence-corrected chi connectivity index (χ1v) is 9.84. The summed E-state index contributed by atoms with van der Waals surface area (Å²) in [5.74, 6) is 2.33. The fourth-order valence-corrected chi connectivity index (χ4v) is 3.32. The molecule has 2 N–H and O–H groups in total. The minimum absolute atomic E-state index is 0.475. The number of fused-ring (bicyclic) bond motifs is 1. The van der Waals surface area contributed by atoms with E-state index in [-0.39, 0.29) is 0 Å². The van der Waals surface area contributed by atoms with Gasteiger partial charge in [-0.3, -0.25) is 4.99 Å². The van der Waals surface area contributed by atoms with E-state index < -0.39 is 0 Å². The van der Waals surface area contributed by atoms with Gasteiger partial charge in [0.25, 0.3) is 0 Å². The molecule has 0 radical (unpaired) electrons. The average molecular weight is 361 g/mol. The molecule has 1 heterocycles. The minimum Gasteiger partial charge on any atom is -0.490 e. The van der Waals surface area contributed by atoms with Gasteiger partial charge in [0.15, 0.2) is 17.5 Å². The molecule has 144 valence electrons.